The summed E-state index contributed by atoms with van der Waals surface area (Å²) in [4.78, 5) is 21.0. The molecule has 0 unspecified atom stereocenters. The van der Waals surface area contributed by atoms with Gasteiger partial charge in [-0.1, -0.05) is 6.58 Å². The van der Waals surface area contributed by atoms with Gasteiger partial charge in [-0.15, -0.1) is 0 Å². The molecule has 0 aromatic rings. The lowest BCUT2D eigenvalue weighted by Gasteiger charge is -2.04. The van der Waals surface area contributed by atoms with E-state index in [1.54, 1.807) is 0 Å². The monoisotopic (exact) mass is 201 g/mol. The fraction of sp³-hybridized carbons (Fsp3) is 0.556. The lowest BCUT2D eigenvalue weighted by atomic mass is 10.6. The van der Waals surface area contributed by atoms with Crippen molar-refractivity contribution in [1.82, 2.24) is 5.32 Å². The van der Waals surface area contributed by atoms with Gasteiger partial charge in [-0.2, -0.15) is 0 Å². The smallest absolute Gasteiger partial charge is 0.330 e. The van der Waals surface area contributed by atoms with Gasteiger partial charge in [0.2, 0.25) is 5.91 Å². The zero-order valence-electron chi connectivity index (χ0n) is 8.25. The van der Waals surface area contributed by atoms with E-state index in [1.165, 1.54) is 6.92 Å². The normalized spacial score (nSPS) is 9.21. The number of amides is 1. The summed E-state index contributed by atoms with van der Waals surface area (Å²) in [7, 11) is 0. The van der Waals surface area contributed by atoms with Crippen molar-refractivity contribution in [2.75, 3.05) is 26.4 Å². The second-order valence-corrected chi connectivity index (χ2v) is 2.47. The number of ether oxygens (including phenoxy) is 2. The molecule has 1 amide bonds. The lowest BCUT2D eigenvalue weighted by molar-refractivity contribution is -0.139. The largest absolute Gasteiger partial charge is 0.460 e. The van der Waals surface area contributed by atoms with Gasteiger partial charge < -0.3 is 14.8 Å². The average Bonchev–Trinajstić information content (AvgIpc) is 2.15. The average molecular weight is 201 g/mol. The Bertz CT molecular complexity index is 203. The first-order valence-electron chi connectivity index (χ1n) is 4.28. The van der Waals surface area contributed by atoms with Crippen LogP contribution in [-0.2, 0) is 19.1 Å². The summed E-state index contributed by atoms with van der Waals surface area (Å²) in [5, 5.41) is 2.57. The van der Waals surface area contributed by atoms with Crippen molar-refractivity contribution in [1.29, 1.82) is 0 Å². The highest BCUT2D eigenvalue weighted by molar-refractivity contribution is 5.81. The molecular formula is C9H15NO4. The number of esters is 1. The van der Waals surface area contributed by atoms with Crippen LogP contribution >= 0.6 is 0 Å². The highest BCUT2D eigenvalue weighted by Gasteiger charge is 1.95. The number of nitrogens with one attached hydrogen (secondary N) is 1. The molecule has 0 aromatic heterocycles. The van der Waals surface area contributed by atoms with Crippen LogP contribution in [0.4, 0.5) is 0 Å². The molecule has 0 rings (SSSR count). The summed E-state index contributed by atoms with van der Waals surface area (Å²) in [5.41, 5.74) is 0. The predicted molar refractivity (Wildman–Crippen MR) is 50.7 cm³/mol. The van der Waals surface area contributed by atoms with Crippen molar-refractivity contribution in [2.45, 2.75) is 6.92 Å². The van der Waals surface area contributed by atoms with Crippen LogP contribution < -0.4 is 5.32 Å². The Morgan fingerprint density at radius 2 is 2.07 bits per heavy atom. The SMILES string of the molecule is C=CC(=O)OCCOCCNC(C)=O. The van der Waals surface area contributed by atoms with E-state index in [-0.39, 0.29) is 12.5 Å². The maximum absolute atomic E-state index is 10.5. The quantitative estimate of drug-likeness (QED) is 0.354. The van der Waals surface area contributed by atoms with Crippen molar-refractivity contribution in [2.24, 2.45) is 0 Å². The van der Waals surface area contributed by atoms with Crippen molar-refractivity contribution >= 4 is 11.9 Å². The molecule has 5 heteroatoms. The maximum atomic E-state index is 10.5. The van der Waals surface area contributed by atoms with E-state index in [1.807, 2.05) is 0 Å². The van der Waals surface area contributed by atoms with Crippen LogP contribution in [0.2, 0.25) is 0 Å². The summed E-state index contributed by atoms with van der Waals surface area (Å²) in [6.07, 6.45) is 1.09. The molecule has 0 heterocycles. The number of hydrogen-bond acceptors (Lipinski definition) is 4. The van der Waals surface area contributed by atoms with Crippen LogP contribution in [-0.4, -0.2) is 38.2 Å². The number of hydrogen-bond donors (Lipinski definition) is 1. The molecule has 0 atom stereocenters. The molecule has 1 N–H and O–H groups in total. The molecule has 0 aliphatic heterocycles. The van der Waals surface area contributed by atoms with Gasteiger partial charge in [-0.25, -0.2) is 4.79 Å². The van der Waals surface area contributed by atoms with Gasteiger partial charge in [0.05, 0.1) is 13.2 Å². The second-order valence-electron chi connectivity index (χ2n) is 2.47. The van der Waals surface area contributed by atoms with Gasteiger partial charge in [-0.3, -0.25) is 4.79 Å². The standard InChI is InChI=1S/C9H15NO4/c1-3-9(12)14-7-6-13-5-4-10-8(2)11/h3H,1,4-7H2,2H3,(H,10,11). The van der Waals surface area contributed by atoms with E-state index in [0.29, 0.717) is 19.8 Å². The third-order valence-corrected chi connectivity index (χ3v) is 1.26. The summed E-state index contributed by atoms with van der Waals surface area (Å²) >= 11 is 0. The van der Waals surface area contributed by atoms with Gasteiger partial charge >= 0.3 is 5.97 Å². The summed E-state index contributed by atoms with van der Waals surface area (Å²) in [6.45, 7) is 6.07. The third kappa shape index (κ3) is 8.73. The highest BCUT2D eigenvalue weighted by atomic mass is 16.6. The minimum Gasteiger partial charge on any atom is -0.460 e. The van der Waals surface area contributed by atoms with Gasteiger partial charge in [0, 0.05) is 19.5 Å². The van der Waals surface area contributed by atoms with Crippen molar-refractivity contribution < 1.29 is 19.1 Å². The molecule has 0 radical (unpaired) electrons. The van der Waals surface area contributed by atoms with E-state index in [4.69, 9.17) is 4.74 Å². The van der Waals surface area contributed by atoms with Gasteiger partial charge in [0.1, 0.15) is 6.61 Å². The molecule has 0 spiro atoms. The fourth-order valence-electron chi connectivity index (χ4n) is 0.661. The zero-order valence-corrected chi connectivity index (χ0v) is 8.25. The summed E-state index contributed by atoms with van der Waals surface area (Å²) in [5.74, 6) is -0.554. The first-order chi connectivity index (χ1) is 6.66. The Balaban J connectivity index is 3.10. The molecule has 0 fully saturated rings. The van der Waals surface area contributed by atoms with Gasteiger partial charge in [0.25, 0.3) is 0 Å². The first-order valence-corrected chi connectivity index (χ1v) is 4.28. The third-order valence-electron chi connectivity index (χ3n) is 1.26. The van der Waals surface area contributed by atoms with Crippen molar-refractivity contribution in [3.05, 3.63) is 12.7 Å². The van der Waals surface area contributed by atoms with E-state index in [9.17, 15) is 9.59 Å². The zero-order chi connectivity index (χ0) is 10.8. The maximum Gasteiger partial charge on any atom is 0.330 e. The predicted octanol–water partition coefficient (Wildman–Crippen LogP) is -0.132. The van der Waals surface area contributed by atoms with Crippen LogP contribution in [0.5, 0.6) is 0 Å². The minimum absolute atomic E-state index is 0.0910. The van der Waals surface area contributed by atoms with Gasteiger partial charge in [0.15, 0.2) is 0 Å². The van der Waals surface area contributed by atoms with Crippen LogP contribution in [0.1, 0.15) is 6.92 Å². The Morgan fingerprint density at radius 1 is 1.36 bits per heavy atom. The Labute approximate surface area is 83.1 Å². The van der Waals surface area contributed by atoms with Crippen molar-refractivity contribution in [3.63, 3.8) is 0 Å². The number of rotatable bonds is 7. The Kier molecular flexibility index (Phi) is 7.45. The number of carbonyl (C=O) groups excluding carboxylic acids is 2. The molecule has 80 valence electrons. The fourth-order valence-corrected chi connectivity index (χ4v) is 0.661. The molecule has 14 heavy (non-hydrogen) atoms. The van der Waals surface area contributed by atoms with Crippen LogP contribution in [0, 0.1) is 0 Å². The topological polar surface area (TPSA) is 64.6 Å². The molecule has 0 saturated heterocycles. The summed E-state index contributed by atoms with van der Waals surface area (Å²) in [6, 6.07) is 0. The van der Waals surface area contributed by atoms with Gasteiger partial charge in [-0.05, 0) is 0 Å². The Morgan fingerprint density at radius 3 is 2.64 bits per heavy atom. The van der Waals surface area contributed by atoms with E-state index in [2.05, 4.69) is 16.6 Å². The van der Waals surface area contributed by atoms with E-state index in [0.717, 1.165) is 6.08 Å². The van der Waals surface area contributed by atoms with E-state index >= 15 is 0 Å². The van der Waals surface area contributed by atoms with Crippen molar-refractivity contribution in [3.8, 4) is 0 Å². The molecule has 0 bridgehead atoms. The molecule has 0 aliphatic rings. The highest BCUT2D eigenvalue weighted by Crippen LogP contribution is 1.80. The Hall–Kier alpha value is -1.36. The van der Waals surface area contributed by atoms with Crippen LogP contribution in [0.25, 0.3) is 0 Å². The lowest BCUT2D eigenvalue weighted by Crippen LogP contribution is -2.25. The summed E-state index contributed by atoms with van der Waals surface area (Å²) < 4.78 is 9.70. The van der Waals surface area contributed by atoms with E-state index < -0.39 is 5.97 Å². The van der Waals surface area contributed by atoms with Crippen LogP contribution in [0.3, 0.4) is 0 Å². The molecule has 0 saturated carbocycles. The molecular weight excluding hydrogens is 186 g/mol. The first kappa shape index (κ1) is 12.6. The number of carbonyl (C=O) groups is 2. The second kappa shape index (κ2) is 8.25. The molecule has 5 nitrogen and oxygen atoms in total. The minimum atomic E-state index is -0.463. The molecule has 0 aromatic carbocycles. The molecule has 0 aliphatic carbocycles. The van der Waals surface area contributed by atoms with Crippen LogP contribution in [0.15, 0.2) is 12.7 Å².